The van der Waals surface area contributed by atoms with Crippen LogP contribution in [0, 0.1) is 5.41 Å². The van der Waals surface area contributed by atoms with Crippen molar-refractivity contribution in [2.75, 3.05) is 0 Å². The van der Waals surface area contributed by atoms with E-state index in [4.69, 9.17) is 5.41 Å². The first-order valence-corrected chi connectivity index (χ1v) is 3.63. The summed E-state index contributed by atoms with van der Waals surface area (Å²) in [6.07, 6.45) is 3.42. The summed E-state index contributed by atoms with van der Waals surface area (Å²) >= 11 is 0. The lowest BCUT2D eigenvalue weighted by Gasteiger charge is -1.96. The summed E-state index contributed by atoms with van der Waals surface area (Å²) in [5, 5.41) is 7.68. The summed E-state index contributed by atoms with van der Waals surface area (Å²) < 4.78 is 3.62. The summed E-state index contributed by atoms with van der Waals surface area (Å²) in [6.45, 7) is 0. The highest BCUT2D eigenvalue weighted by atomic mass is 15.1. The summed E-state index contributed by atoms with van der Waals surface area (Å²) in [4.78, 5) is 7.02. The van der Waals surface area contributed by atoms with Crippen molar-refractivity contribution >= 4 is 11.2 Å². The number of hydrogen-bond donors (Lipinski definition) is 2. The first-order valence-electron chi connectivity index (χ1n) is 3.63. The number of aromatic nitrogens is 4. The van der Waals surface area contributed by atoms with E-state index in [1.54, 1.807) is 10.9 Å². The highest BCUT2D eigenvalue weighted by Crippen LogP contribution is 1.93. The standard InChI is InChI=1S/C7H10N5/c1-11-4-12(2)7-5(6(11)8)9-3-10-7/h3-4,8H,1-2H3,(H,9,10)/q+1. The number of nitrogens with one attached hydrogen (secondary N) is 2. The number of aryl methyl sites for hydroxylation is 2. The van der Waals surface area contributed by atoms with Gasteiger partial charge in [-0.15, -0.1) is 0 Å². The molecule has 0 atom stereocenters. The third-order valence-electron chi connectivity index (χ3n) is 1.89. The summed E-state index contributed by atoms with van der Waals surface area (Å²) in [5.41, 5.74) is 2.02. The molecule has 0 spiro atoms. The summed E-state index contributed by atoms with van der Waals surface area (Å²) in [6, 6.07) is 0. The molecule has 5 nitrogen and oxygen atoms in total. The molecule has 12 heavy (non-hydrogen) atoms. The molecule has 62 valence electrons. The SMILES string of the molecule is Cn1c[n+](C)c2nc[nH]c2c1=N. The minimum Gasteiger partial charge on any atom is -0.323 e. The minimum absolute atomic E-state index is 0.445. The second kappa shape index (κ2) is 2.17. The van der Waals surface area contributed by atoms with Gasteiger partial charge in [-0.2, -0.15) is 0 Å². The van der Waals surface area contributed by atoms with E-state index in [2.05, 4.69) is 9.97 Å². The van der Waals surface area contributed by atoms with Crippen molar-refractivity contribution in [1.29, 1.82) is 5.41 Å². The van der Waals surface area contributed by atoms with E-state index >= 15 is 0 Å². The quantitative estimate of drug-likeness (QED) is 0.492. The molecule has 2 aromatic rings. The van der Waals surface area contributed by atoms with E-state index in [1.165, 1.54) is 0 Å². The van der Waals surface area contributed by atoms with Gasteiger partial charge < -0.3 is 4.98 Å². The highest BCUT2D eigenvalue weighted by Gasteiger charge is 2.09. The van der Waals surface area contributed by atoms with Crippen LogP contribution in [-0.2, 0) is 14.1 Å². The number of hydrogen-bond acceptors (Lipinski definition) is 2. The molecule has 2 N–H and O–H groups in total. The fraction of sp³-hybridized carbons (Fsp3) is 0.286. The van der Waals surface area contributed by atoms with E-state index in [0.29, 0.717) is 5.49 Å². The molecule has 2 rings (SSSR count). The summed E-state index contributed by atoms with van der Waals surface area (Å²) in [7, 11) is 3.74. The van der Waals surface area contributed by atoms with Gasteiger partial charge in [-0.1, -0.05) is 4.98 Å². The second-order valence-corrected chi connectivity index (χ2v) is 2.79. The number of H-pyrrole nitrogens is 1. The molecule has 0 aliphatic carbocycles. The average Bonchev–Trinajstić information content (AvgIpc) is 2.48. The first-order chi connectivity index (χ1) is 5.70. The van der Waals surface area contributed by atoms with Crippen LogP contribution in [0.5, 0.6) is 0 Å². The molecule has 0 unspecified atom stereocenters. The van der Waals surface area contributed by atoms with Crippen LogP contribution in [0.4, 0.5) is 0 Å². The molecule has 0 radical (unpaired) electrons. The van der Waals surface area contributed by atoms with E-state index in [1.807, 2.05) is 25.0 Å². The summed E-state index contributed by atoms with van der Waals surface area (Å²) in [5.74, 6) is 0. The third kappa shape index (κ3) is 0.761. The number of nitrogens with zero attached hydrogens (tertiary/aromatic N) is 3. The molecular formula is C7H10N5+. The molecule has 0 aromatic carbocycles. The van der Waals surface area contributed by atoms with Gasteiger partial charge in [0.05, 0.1) is 14.1 Å². The third-order valence-corrected chi connectivity index (χ3v) is 1.89. The minimum atomic E-state index is 0.445. The van der Waals surface area contributed by atoms with Crippen LogP contribution in [0.2, 0.25) is 0 Å². The lowest BCUT2D eigenvalue weighted by atomic mass is 10.5. The Morgan fingerprint density at radius 3 is 3.17 bits per heavy atom. The van der Waals surface area contributed by atoms with E-state index in [9.17, 15) is 0 Å². The topological polar surface area (TPSA) is 61.3 Å². The predicted molar refractivity (Wildman–Crippen MR) is 42.1 cm³/mol. The van der Waals surface area contributed by atoms with Crippen molar-refractivity contribution < 1.29 is 4.57 Å². The predicted octanol–water partition coefficient (Wildman–Crippen LogP) is -0.795. The Balaban J connectivity index is 3.07. The Bertz CT molecular complexity index is 478. The molecule has 2 aromatic heterocycles. The second-order valence-electron chi connectivity index (χ2n) is 2.79. The Morgan fingerprint density at radius 2 is 2.42 bits per heavy atom. The molecule has 2 heterocycles. The molecule has 0 aliphatic rings. The highest BCUT2D eigenvalue weighted by molar-refractivity contribution is 5.63. The zero-order valence-electron chi connectivity index (χ0n) is 7.00. The zero-order chi connectivity index (χ0) is 8.72. The lowest BCUT2D eigenvalue weighted by Crippen LogP contribution is -2.36. The van der Waals surface area contributed by atoms with Gasteiger partial charge in [0.15, 0.2) is 18.2 Å². The average molecular weight is 164 g/mol. The van der Waals surface area contributed by atoms with Crippen LogP contribution in [0.15, 0.2) is 12.7 Å². The first kappa shape index (κ1) is 7.02. The van der Waals surface area contributed by atoms with Crippen molar-refractivity contribution in [3.63, 3.8) is 0 Å². The van der Waals surface area contributed by atoms with Crippen molar-refractivity contribution in [2.24, 2.45) is 14.1 Å². The van der Waals surface area contributed by atoms with Gasteiger partial charge in [0, 0.05) is 0 Å². The lowest BCUT2D eigenvalue weighted by molar-refractivity contribution is -0.651. The van der Waals surface area contributed by atoms with Gasteiger partial charge in [0.1, 0.15) is 0 Å². The van der Waals surface area contributed by atoms with Crippen LogP contribution in [0.25, 0.3) is 11.2 Å². The number of rotatable bonds is 0. The van der Waals surface area contributed by atoms with E-state index in [0.717, 1.165) is 11.2 Å². The van der Waals surface area contributed by atoms with Gasteiger partial charge in [0.25, 0.3) is 5.65 Å². The van der Waals surface area contributed by atoms with Crippen LogP contribution in [0.1, 0.15) is 0 Å². The number of imidazole rings is 1. The maximum atomic E-state index is 7.68. The molecule has 0 saturated carbocycles. The number of aromatic amines is 1. The fourth-order valence-electron chi connectivity index (χ4n) is 1.28. The maximum Gasteiger partial charge on any atom is 0.292 e. The van der Waals surface area contributed by atoms with Gasteiger partial charge >= 0.3 is 0 Å². The molecular weight excluding hydrogens is 154 g/mol. The van der Waals surface area contributed by atoms with Crippen LogP contribution < -0.4 is 10.1 Å². The van der Waals surface area contributed by atoms with Crippen molar-refractivity contribution in [3.05, 3.63) is 18.1 Å². The Kier molecular flexibility index (Phi) is 1.27. The largest absolute Gasteiger partial charge is 0.323 e. The molecule has 0 amide bonds. The molecule has 0 bridgehead atoms. The van der Waals surface area contributed by atoms with Gasteiger partial charge in [0.2, 0.25) is 5.49 Å². The molecule has 5 heteroatoms. The van der Waals surface area contributed by atoms with E-state index < -0.39 is 0 Å². The van der Waals surface area contributed by atoms with Crippen LogP contribution in [-0.4, -0.2) is 14.5 Å². The number of fused-ring (bicyclic) bond motifs is 1. The van der Waals surface area contributed by atoms with Gasteiger partial charge in [-0.3, -0.25) is 9.98 Å². The Labute approximate surface area is 68.8 Å². The van der Waals surface area contributed by atoms with Crippen molar-refractivity contribution in [2.45, 2.75) is 0 Å². The fourth-order valence-corrected chi connectivity index (χ4v) is 1.28. The Hall–Kier alpha value is -1.65. The maximum absolute atomic E-state index is 7.68. The molecule has 0 fully saturated rings. The Morgan fingerprint density at radius 1 is 1.67 bits per heavy atom. The monoisotopic (exact) mass is 164 g/mol. The van der Waals surface area contributed by atoms with Gasteiger partial charge in [-0.25, -0.2) is 4.57 Å². The van der Waals surface area contributed by atoms with Crippen LogP contribution in [0.3, 0.4) is 0 Å². The van der Waals surface area contributed by atoms with Gasteiger partial charge in [-0.05, 0) is 0 Å². The normalized spacial score (nSPS) is 10.8. The molecule has 0 saturated heterocycles. The molecule has 0 aliphatic heterocycles. The van der Waals surface area contributed by atoms with Crippen molar-refractivity contribution in [3.8, 4) is 0 Å². The van der Waals surface area contributed by atoms with Crippen molar-refractivity contribution in [1.82, 2.24) is 14.5 Å². The van der Waals surface area contributed by atoms with E-state index in [-0.39, 0.29) is 0 Å². The van der Waals surface area contributed by atoms with Crippen LogP contribution >= 0.6 is 0 Å². The smallest absolute Gasteiger partial charge is 0.292 e. The zero-order valence-corrected chi connectivity index (χ0v) is 7.00.